The molecule has 2 fully saturated rings. The van der Waals surface area contributed by atoms with Crippen LogP contribution in [0.2, 0.25) is 0 Å². The molecule has 3 rings (SSSR count). The highest BCUT2D eigenvalue weighted by Gasteiger charge is 2.40. The maximum Gasteiger partial charge on any atom is 0.330 e. The number of nitrogens with one attached hydrogen (secondary N) is 1. The van der Waals surface area contributed by atoms with E-state index >= 15 is 0 Å². The van der Waals surface area contributed by atoms with E-state index in [9.17, 15) is 14.4 Å². The number of hydrogen-bond donors (Lipinski definition) is 1. The molecular weight excluding hydrogens is 336 g/mol. The Bertz CT molecular complexity index is 660. The lowest BCUT2D eigenvalue weighted by Crippen LogP contribution is -2.61. The highest BCUT2D eigenvalue weighted by molar-refractivity contribution is 5.95. The summed E-state index contributed by atoms with van der Waals surface area (Å²) < 4.78 is 4.90. The third kappa shape index (κ3) is 3.85. The van der Waals surface area contributed by atoms with Crippen molar-refractivity contribution in [1.29, 1.82) is 0 Å². The number of amides is 2. The van der Waals surface area contributed by atoms with Gasteiger partial charge in [0.25, 0.3) is 5.91 Å². The Labute approximate surface area is 152 Å². The van der Waals surface area contributed by atoms with Gasteiger partial charge in [-0.3, -0.25) is 14.6 Å². The number of aromatic nitrogens is 1. The monoisotopic (exact) mass is 360 g/mol. The summed E-state index contributed by atoms with van der Waals surface area (Å²) in [7, 11) is 1.30. The first-order chi connectivity index (χ1) is 12.6. The van der Waals surface area contributed by atoms with Gasteiger partial charge in [-0.1, -0.05) is 0 Å². The maximum atomic E-state index is 12.9. The minimum atomic E-state index is -0.767. The number of pyridine rings is 1. The van der Waals surface area contributed by atoms with Gasteiger partial charge in [0.2, 0.25) is 5.91 Å². The van der Waals surface area contributed by atoms with Crippen molar-refractivity contribution in [3.8, 4) is 0 Å². The van der Waals surface area contributed by atoms with E-state index in [1.54, 1.807) is 28.1 Å². The fourth-order valence-electron chi connectivity index (χ4n) is 3.54. The molecule has 2 saturated heterocycles. The van der Waals surface area contributed by atoms with Crippen molar-refractivity contribution in [2.45, 2.75) is 18.9 Å². The molecular formula is C18H24N4O4. The lowest BCUT2D eigenvalue weighted by molar-refractivity contribution is -0.157. The van der Waals surface area contributed by atoms with E-state index in [2.05, 4.69) is 10.3 Å². The molecule has 140 valence electrons. The molecule has 3 heterocycles. The average molecular weight is 360 g/mol. The molecule has 8 nitrogen and oxygen atoms in total. The molecule has 0 radical (unpaired) electrons. The SMILES string of the molecule is COC(=O)[C@H]1CN(C(=O)c2cccnc2)CCN1C(=O)C1CCNCC1. The van der Waals surface area contributed by atoms with Gasteiger partial charge in [0.15, 0.2) is 0 Å². The summed E-state index contributed by atoms with van der Waals surface area (Å²) in [6.45, 7) is 2.46. The number of nitrogens with zero attached hydrogens (tertiary/aromatic N) is 3. The van der Waals surface area contributed by atoms with Crippen molar-refractivity contribution in [1.82, 2.24) is 20.1 Å². The Kier molecular flexibility index (Phi) is 5.82. The zero-order valence-electron chi connectivity index (χ0n) is 14.9. The second-order valence-electron chi connectivity index (χ2n) is 6.59. The van der Waals surface area contributed by atoms with Gasteiger partial charge >= 0.3 is 5.97 Å². The number of esters is 1. The van der Waals surface area contributed by atoms with Crippen LogP contribution in [0.3, 0.4) is 0 Å². The molecule has 2 aliphatic rings. The molecule has 26 heavy (non-hydrogen) atoms. The first-order valence-corrected chi connectivity index (χ1v) is 8.90. The Hall–Kier alpha value is -2.48. The van der Waals surface area contributed by atoms with Crippen LogP contribution in [0, 0.1) is 5.92 Å². The van der Waals surface area contributed by atoms with Crippen molar-refractivity contribution in [2.24, 2.45) is 5.92 Å². The van der Waals surface area contributed by atoms with Crippen molar-refractivity contribution >= 4 is 17.8 Å². The first-order valence-electron chi connectivity index (χ1n) is 8.90. The van der Waals surface area contributed by atoms with E-state index in [1.807, 2.05) is 0 Å². The predicted octanol–water partition coefficient (Wildman–Crippen LogP) is -0.0928. The number of methoxy groups -OCH3 is 1. The summed E-state index contributed by atoms with van der Waals surface area (Å²) in [6, 6.07) is 2.62. The van der Waals surface area contributed by atoms with Crippen LogP contribution in [-0.2, 0) is 14.3 Å². The number of piperazine rings is 1. The third-order valence-electron chi connectivity index (χ3n) is 5.02. The topological polar surface area (TPSA) is 91.8 Å². The average Bonchev–Trinajstić information content (AvgIpc) is 2.73. The molecule has 0 bridgehead atoms. The first kappa shape index (κ1) is 18.3. The van der Waals surface area contributed by atoms with Gasteiger partial charge in [0, 0.05) is 31.4 Å². The molecule has 2 amide bonds. The molecule has 0 aliphatic carbocycles. The van der Waals surface area contributed by atoms with Crippen molar-refractivity contribution in [3.05, 3.63) is 30.1 Å². The molecule has 1 aromatic rings. The molecule has 0 spiro atoms. The second kappa shape index (κ2) is 8.27. The fraction of sp³-hybridized carbons (Fsp3) is 0.556. The second-order valence-corrected chi connectivity index (χ2v) is 6.59. The fourth-order valence-corrected chi connectivity index (χ4v) is 3.54. The van der Waals surface area contributed by atoms with Gasteiger partial charge in [0.05, 0.1) is 19.2 Å². The zero-order chi connectivity index (χ0) is 18.5. The van der Waals surface area contributed by atoms with Crippen LogP contribution in [0.25, 0.3) is 0 Å². The van der Waals surface area contributed by atoms with E-state index in [0.717, 1.165) is 25.9 Å². The number of carbonyl (C=O) groups is 3. The minimum absolute atomic E-state index is 0.0182. The zero-order valence-corrected chi connectivity index (χ0v) is 14.9. The largest absolute Gasteiger partial charge is 0.467 e. The third-order valence-corrected chi connectivity index (χ3v) is 5.02. The van der Waals surface area contributed by atoms with E-state index in [4.69, 9.17) is 4.74 Å². The number of carbonyl (C=O) groups excluding carboxylic acids is 3. The highest BCUT2D eigenvalue weighted by Crippen LogP contribution is 2.21. The predicted molar refractivity (Wildman–Crippen MR) is 93.3 cm³/mol. The van der Waals surface area contributed by atoms with Crippen molar-refractivity contribution in [3.63, 3.8) is 0 Å². The van der Waals surface area contributed by atoms with Crippen LogP contribution >= 0.6 is 0 Å². The van der Waals surface area contributed by atoms with Gasteiger partial charge in [-0.05, 0) is 38.1 Å². The van der Waals surface area contributed by atoms with Crippen LogP contribution in [0.5, 0.6) is 0 Å². The van der Waals surface area contributed by atoms with E-state index in [0.29, 0.717) is 18.7 Å². The standard InChI is InChI=1S/C18H24N4O4/c1-26-18(25)15-12-21(16(23)14-3-2-6-20-11-14)9-10-22(15)17(24)13-4-7-19-8-5-13/h2-3,6,11,13,15,19H,4-5,7-10,12H2,1H3/t15-/m1/s1. The molecule has 8 heteroatoms. The van der Waals surface area contributed by atoms with E-state index < -0.39 is 12.0 Å². The summed E-state index contributed by atoms with van der Waals surface area (Å²) in [4.78, 5) is 45.0. The lowest BCUT2D eigenvalue weighted by atomic mass is 9.95. The summed E-state index contributed by atoms with van der Waals surface area (Å²) in [6.07, 6.45) is 4.63. The Morgan fingerprint density at radius 3 is 2.65 bits per heavy atom. The normalized spacial score (nSPS) is 21.3. The molecule has 0 aromatic carbocycles. The number of ether oxygens (including phenoxy) is 1. The lowest BCUT2D eigenvalue weighted by Gasteiger charge is -2.41. The number of piperidine rings is 1. The molecule has 0 unspecified atom stereocenters. The van der Waals surface area contributed by atoms with Crippen LogP contribution in [-0.4, -0.2) is 78.4 Å². The van der Waals surface area contributed by atoms with Crippen LogP contribution in [0.4, 0.5) is 0 Å². The Morgan fingerprint density at radius 1 is 1.23 bits per heavy atom. The molecule has 0 saturated carbocycles. The highest BCUT2D eigenvalue weighted by atomic mass is 16.5. The molecule has 2 aliphatic heterocycles. The summed E-state index contributed by atoms with van der Waals surface area (Å²) in [5.74, 6) is -0.781. The quantitative estimate of drug-likeness (QED) is 0.758. The van der Waals surface area contributed by atoms with Crippen LogP contribution in [0.15, 0.2) is 24.5 Å². The Morgan fingerprint density at radius 2 is 2.00 bits per heavy atom. The van der Waals surface area contributed by atoms with Crippen LogP contribution < -0.4 is 5.32 Å². The Balaban J connectivity index is 1.74. The van der Waals surface area contributed by atoms with Crippen LogP contribution in [0.1, 0.15) is 23.2 Å². The van der Waals surface area contributed by atoms with E-state index in [1.165, 1.54) is 13.3 Å². The summed E-state index contributed by atoms with van der Waals surface area (Å²) in [5, 5.41) is 3.24. The van der Waals surface area contributed by atoms with Gasteiger partial charge in [-0.25, -0.2) is 4.79 Å². The minimum Gasteiger partial charge on any atom is -0.467 e. The molecule has 1 N–H and O–H groups in total. The van der Waals surface area contributed by atoms with Gasteiger partial charge in [0.1, 0.15) is 6.04 Å². The van der Waals surface area contributed by atoms with Gasteiger partial charge in [-0.15, -0.1) is 0 Å². The summed E-state index contributed by atoms with van der Waals surface area (Å²) in [5.41, 5.74) is 0.467. The number of hydrogen-bond acceptors (Lipinski definition) is 6. The van der Waals surface area contributed by atoms with Crippen molar-refractivity contribution in [2.75, 3.05) is 39.8 Å². The maximum absolute atomic E-state index is 12.9. The molecule has 1 aromatic heterocycles. The number of rotatable bonds is 3. The molecule has 1 atom stereocenters. The van der Waals surface area contributed by atoms with Gasteiger partial charge in [-0.2, -0.15) is 0 Å². The smallest absolute Gasteiger partial charge is 0.330 e. The van der Waals surface area contributed by atoms with Gasteiger partial charge < -0.3 is 19.9 Å². The van der Waals surface area contributed by atoms with Crippen molar-refractivity contribution < 1.29 is 19.1 Å². The van der Waals surface area contributed by atoms with E-state index in [-0.39, 0.29) is 24.3 Å². The summed E-state index contributed by atoms with van der Waals surface area (Å²) >= 11 is 0.